The molecule has 2 aliphatic heterocycles. The maximum Gasteiger partial charge on any atom is 0.159 e. The van der Waals surface area contributed by atoms with Crippen LogP contribution in [0.25, 0.3) is 0 Å². The minimum atomic E-state index is -2.95. The van der Waals surface area contributed by atoms with E-state index in [4.69, 9.17) is 23.2 Å². The van der Waals surface area contributed by atoms with Gasteiger partial charge >= 0.3 is 0 Å². The van der Waals surface area contributed by atoms with Gasteiger partial charge in [-0.25, -0.2) is 8.42 Å². The molecule has 2 saturated heterocycles. The van der Waals surface area contributed by atoms with Gasteiger partial charge in [-0.05, 0) is 18.3 Å². The highest BCUT2D eigenvalue weighted by molar-refractivity contribution is 7.93. The maximum absolute atomic E-state index is 11.6. The largest absolute Gasteiger partial charge is 0.228 e. The molecule has 5 heteroatoms. The van der Waals surface area contributed by atoms with Gasteiger partial charge in [0.15, 0.2) is 9.84 Å². The Kier molecular flexibility index (Phi) is 1.29. The fourth-order valence-corrected chi connectivity index (χ4v) is 7.99. The Morgan fingerprint density at radius 2 is 1.50 bits per heavy atom. The van der Waals surface area contributed by atoms with Crippen LogP contribution in [0.1, 0.15) is 6.42 Å². The van der Waals surface area contributed by atoms with Crippen LogP contribution in [-0.2, 0) is 9.84 Å². The summed E-state index contributed by atoms with van der Waals surface area (Å²) < 4.78 is 23.3. The lowest BCUT2D eigenvalue weighted by molar-refractivity contribution is 0.168. The Labute approximate surface area is 81.1 Å². The number of fused-ring (bicyclic) bond motifs is 1. The van der Waals surface area contributed by atoms with E-state index in [0.717, 1.165) is 6.42 Å². The molecule has 1 aliphatic carbocycles. The third-order valence-corrected chi connectivity index (χ3v) is 7.88. The number of alkyl halides is 2. The first kappa shape index (κ1) is 7.89. The van der Waals surface area contributed by atoms with Crippen LogP contribution >= 0.6 is 23.2 Å². The van der Waals surface area contributed by atoms with E-state index in [1.165, 1.54) is 0 Å². The van der Waals surface area contributed by atoms with Gasteiger partial charge in [-0.2, -0.15) is 0 Å². The predicted octanol–water partition coefficient (Wildman–Crippen LogP) is 1.02. The third kappa shape index (κ3) is 0.582. The Hall–Kier alpha value is 0.530. The normalized spacial score (nSPS) is 64.8. The Morgan fingerprint density at radius 3 is 1.75 bits per heavy atom. The van der Waals surface area contributed by atoms with Gasteiger partial charge < -0.3 is 0 Å². The summed E-state index contributed by atoms with van der Waals surface area (Å²) in [7, 11) is -2.95. The van der Waals surface area contributed by atoms with Crippen molar-refractivity contribution >= 4 is 33.0 Å². The molecule has 68 valence electrons. The van der Waals surface area contributed by atoms with Crippen LogP contribution in [0.3, 0.4) is 0 Å². The molecule has 2 bridgehead atoms. The van der Waals surface area contributed by atoms with Gasteiger partial charge in [-0.3, -0.25) is 0 Å². The van der Waals surface area contributed by atoms with E-state index >= 15 is 0 Å². The second kappa shape index (κ2) is 1.96. The summed E-state index contributed by atoms with van der Waals surface area (Å²) >= 11 is 12.0. The minimum absolute atomic E-state index is 0.188. The second-order valence-electron chi connectivity index (χ2n) is 3.97. The van der Waals surface area contributed by atoms with Gasteiger partial charge in [0.25, 0.3) is 0 Å². The Bertz CT molecular complexity index is 323. The van der Waals surface area contributed by atoms with Crippen LogP contribution in [-0.4, -0.2) is 29.7 Å². The molecule has 0 aromatic heterocycles. The van der Waals surface area contributed by atoms with Crippen LogP contribution in [0, 0.1) is 11.8 Å². The number of halogens is 2. The highest BCUT2D eigenvalue weighted by atomic mass is 35.5. The number of rotatable bonds is 0. The van der Waals surface area contributed by atoms with E-state index in [2.05, 4.69) is 0 Å². The van der Waals surface area contributed by atoms with Crippen molar-refractivity contribution in [3.8, 4) is 0 Å². The quantitative estimate of drug-likeness (QED) is 0.579. The summed E-state index contributed by atoms with van der Waals surface area (Å²) in [5, 5.41) is -1.07. The van der Waals surface area contributed by atoms with Crippen LogP contribution in [0.15, 0.2) is 0 Å². The van der Waals surface area contributed by atoms with Crippen LogP contribution < -0.4 is 0 Å². The van der Waals surface area contributed by atoms with Crippen molar-refractivity contribution < 1.29 is 8.42 Å². The fraction of sp³-hybridized carbons (Fsp3) is 1.00. The van der Waals surface area contributed by atoms with E-state index in [0.29, 0.717) is 0 Å². The molecule has 0 radical (unpaired) electrons. The molecule has 3 rings (SSSR count). The van der Waals surface area contributed by atoms with E-state index in [-0.39, 0.29) is 27.8 Å². The highest BCUT2D eigenvalue weighted by Crippen LogP contribution is 2.62. The van der Waals surface area contributed by atoms with E-state index < -0.39 is 15.1 Å². The van der Waals surface area contributed by atoms with E-state index in [1.54, 1.807) is 0 Å². The van der Waals surface area contributed by atoms with Gasteiger partial charge in [0, 0.05) is 0 Å². The minimum Gasteiger partial charge on any atom is -0.228 e. The van der Waals surface area contributed by atoms with Crippen molar-refractivity contribution in [3.05, 3.63) is 0 Å². The molecule has 0 aromatic carbocycles. The first-order chi connectivity index (χ1) is 5.55. The third-order valence-electron chi connectivity index (χ3n) is 3.59. The monoisotopic (exact) mass is 226 g/mol. The zero-order chi connectivity index (χ0) is 8.67. The number of hydrogen-bond donors (Lipinski definition) is 0. The zero-order valence-electron chi connectivity index (χ0n) is 6.15. The molecule has 0 aromatic rings. The van der Waals surface area contributed by atoms with E-state index in [1.807, 2.05) is 0 Å². The summed E-state index contributed by atoms with van der Waals surface area (Å²) in [5.41, 5.74) is 0. The lowest BCUT2D eigenvalue weighted by atomic mass is 9.65. The molecule has 12 heavy (non-hydrogen) atoms. The van der Waals surface area contributed by atoms with Crippen LogP contribution in [0.5, 0.6) is 0 Å². The first-order valence-electron chi connectivity index (χ1n) is 4.06. The number of sulfone groups is 1. The summed E-state index contributed by atoms with van der Waals surface area (Å²) in [6.07, 6.45) is 0.919. The highest BCUT2D eigenvalue weighted by Gasteiger charge is 2.73. The van der Waals surface area contributed by atoms with Gasteiger partial charge in [-0.1, -0.05) is 0 Å². The molecular weight excluding hydrogens is 219 g/mol. The first-order valence-corrected chi connectivity index (χ1v) is 6.54. The van der Waals surface area contributed by atoms with Crippen LogP contribution in [0.4, 0.5) is 0 Å². The molecule has 0 amide bonds. The van der Waals surface area contributed by atoms with Gasteiger partial charge in [-0.15, -0.1) is 23.2 Å². The molecule has 4 atom stereocenters. The summed E-state index contributed by atoms with van der Waals surface area (Å²) in [6.45, 7) is 0. The van der Waals surface area contributed by atoms with Gasteiger partial charge in [0.1, 0.15) is 0 Å². The van der Waals surface area contributed by atoms with Crippen molar-refractivity contribution in [3.63, 3.8) is 0 Å². The molecule has 4 unspecified atom stereocenters. The number of hydrogen-bond acceptors (Lipinski definition) is 2. The standard InChI is InChI=1S/C7H8Cl2O2S/c8-4-2-1-3-5(9)7(4)12(10,11)6(2)3/h2-7H,1H2. The van der Waals surface area contributed by atoms with Crippen molar-refractivity contribution in [1.29, 1.82) is 0 Å². The molecule has 1 saturated carbocycles. The molecule has 0 N–H and O–H groups in total. The molecule has 2 nitrogen and oxygen atoms in total. The van der Waals surface area contributed by atoms with Crippen LogP contribution in [0.2, 0.25) is 0 Å². The Balaban J connectivity index is 2.19. The van der Waals surface area contributed by atoms with Crippen molar-refractivity contribution in [2.24, 2.45) is 11.8 Å². The van der Waals surface area contributed by atoms with Gasteiger partial charge in [0.05, 0.1) is 21.3 Å². The average molecular weight is 227 g/mol. The molecule has 2 heterocycles. The van der Waals surface area contributed by atoms with E-state index in [9.17, 15) is 8.42 Å². The van der Waals surface area contributed by atoms with Crippen molar-refractivity contribution in [2.45, 2.75) is 27.7 Å². The maximum atomic E-state index is 11.6. The van der Waals surface area contributed by atoms with Gasteiger partial charge in [0.2, 0.25) is 0 Å². The zero-order valence-corrected chi connectivity index (χ0v) is 8.48. The summed E-state index contributed by atoms with van der Waals surface area (Å²) in [4.78, 5) is 0. The van der Waals surface area contributed by atoms with Crippen molar-refractivity contribution in [1.82, 2.24) is 0 Å². The molecule has 3 fully saturated rings. The lowest BCUT2D eigenvalue weighted by Gasteiger charge is -2.44. The average Bonchev–Trinajstić information content (AvgIpc) is 2.00. The van der Waals surface area contributed by atoms with Crippen molar-refractivity contribution in [2.75, 3.05) is 0 Å². The molecule has 0 spiro atoms. The summed E-state index contributed by atoms with van der Waals surface area (Å²) in [6, 6.07) is 0. The molecule has 3 aliphatic rings. The molecular formula is C7H8Cl2O2S. The fourth-order valence-electron chi connectivity index (χ4n) is 3.02. The smallest absolute Gasteiger partial charge is 0.159 e. The predicted molar refractivity (Wildman–Crippen MR) is 47.4 cm³/mol. The Morgan fingerprint density at radius 1 is 1.00 bits per heavy atom. The lowest BCUT2D eigenvalue weighted by Crippen LogP contribution is -2.51. The topological polar surface area (TPSA) is 34.1 Å². The second-order valence-corrected chi connectivity index (χ2v) is 7.25. The summed E-state index contributed by atoms with van der Waals surface area (Å²) in [5.74, 6) is 0.420. The SMILES string of the molecule is O=S1(=O)C2C(Cl)C3CC(C2Cl)C31.